The molecule has 0 aliphatic carbocycles. The van der Waals surface area contributed by atoms with E-state index < -0.39 is 0 Å². The molecule has 1 aliphatic rings. The molecule has 0 aromatic heterocycles. The topological polar surface area (TPSA) is 21.3 Å². The maximum absolute atomic E-state index is 5.42. The Hall–Kier alpha value is -0.520. The van der Waals surface area contributed by atoms with Crippen molar-refractivity contribution in [2.75, 3.05) is 20.2 Å². The first-order valence-electron chi connectivity index (χ1n) is 4.18. The second-order valence-electron chi connectivity index (χ2n) is 2.71. The average molecular weight is 153 g/mol. The Kier molecular flexibility index (Phi) is 4.03. The summed E-state index contributed by atoms with van der Waals surface area (Å²) in [6.45, 7) is 1.65. The predicted octanol–water partition coefficient (Wildman–Crippen LogP) is 0.778. The monoisotopic (exact) mass is 153 g/mol. The molecule has 62 valence electrons. The van der Waals surface area contributed by atoms with Crippen LogP contribution in [0.3, 0.4) is 0 Å². The molecular formula is C9H15NO. The number of rotatable bonds is 1. The Morgan fingerprint density at radius 3 is 3.09 bits per heavy atom. The summed E-state index contributed by atoms with van der Waals surface area (Å²) in [5, 5.41) is 2.98. The third-order valence-corrected chi connectivity index (χ3v) is 1.71. The Morgan fingerprint density at radius 1 is 1.55 bits per heavy atom. The van der Waals surface area contributed by atoms with Crippen molar-refractivity contribution >= 4 is 0 Å². The maximum atomic E-state index is 5.42. The fourth-order valence-corrected chi connectivity index (χ4v) is 1.11. The summed E-state index contributed by atoms with van der Waals surface area (Å²) in [4.78, 5) is 0. The molecule has 1 saturated heterocycles. The van der Waals surface area contributed by atoms with Gasteiger partial charge >= 0.3 is 0 Å². The highest BCUT2D eigenvalue weighted by molar-refractivity contribution is 5.06. The molecule has 1 N–H and O–H groups in total. The highest BCUT2D eigenvalue weighted by Crippen LogP contribution is 2.10. The lowest BCUT2D eigenvalue weighted by atomic mass is 10.1. The van der Waals surface area contributed by atoms with E-state index in [0.29, 0.717) is 0 Å². The minimum Gasteiger partial charge on any atom is -0.366 e. The molecule has 0 spiro atoms. The Labute approximate surface area is 68.3 Å². The van der Waals surface area contributed by atoms with Gasteiger partial charge in [0.25, 0.3) is 0 Å². The molecule has 1 fully saturated rings. The quantitative estimate of drug-likeness (QED) is 0.562. The van der Waals surface area contributed by atoms with Crippen LogP contribution >= 0.6 is 0 Å². The van der Waals surface area contributed by atoms with Crippen LogP contribution in [0.5, 0.6) is 0 Å². The van der Waals surface area contributed by atoms with Gasteiger partial charge in [-0.15, -0.1) is 0 Å². The van der Waals surface area contributed by atoms with Gasteiger partial charge in [0, 0.05) is 6.61 Å². The predicted molar refractivity (Wildman–Crippen MR) is 45.3 cm³/mol. The minimum absolute atomic E-state index is 0.206. The van der Waals surface area contributed by atoms with Crippen molar-refractivity contribution in [3.8, 4) is 11.8 Å². The van der Waals surface area contributed by atoms with Crippen LogP contribution in [-0.2, 0) is 4.74 Å². The van der Waals surface area contributed by atoms with Crippen LogP contribution in [0.15, 0.2) is 0 Å². The zero-order chi connectivity index (χ0) is 7.94. The SMILES string of the molecule is CNCC#CC1CCCCO1. The van der Waals surface area contributed by atoms with Crippen molar-refractivity contribution in [3.63, 3.8) is 0 Å². The Balaban J connectivity index is 2.19. The van der Waals surface area contributed by atoms with E-state index in [1.807, 2.05) is 7.05 Å². The van der Waals surface area contributed by atoms with Crippen LogP contribution in [0.25, 0.3) is 0 Å². The molecule has 0 aromatic rings. The van der Waals surface area contributed by atoms with Gasteiger partial charge in [0.1, 0.15) is 6.10 Å². The molecule has 1 atom stereocenters. The van der Waals surface area contributed by atoms with Crippen LogP contribution in [-0.4, -0.2) is 26.3 Å². The molecule has 0 saturated carbocycles. The van der Waals surface area contributed by atoms with Crippen molar-refractivity contribution in [1.82, 2.24) is 5.32 Å². The third kappa shape index (κ3) is 3.41. The molecule has 0 amide bonds. The summed E-state index contributed by atoms with van der Waals surface area (Å²) >= 11 is 0. The summed E-state index contributed by atoms with van der Waals surface area (Å²) in [7, 11) is 1.90. The van der Waals surface area contributed by atoms with Crippen molar-refractivity contribution in [2.24, 2.45) is 0 Å². The lowest BCUT2D eigenvalue weighted by molar-refractivity contribution is 0.0525. The van der Waals surface area contributed by atoms with E-state index >= 15 is 0 Å². The number of nitrogens with one attached hydrogen (secondary N) is 1. The first-order chi connectivity index (χ1) is 5.43. The number of hydrogen-bond donors (Lipinski definition) is 1. The number of hydrogen-bond acceptors (Lipinski definition) is 2. The zero-order valence-corrected chi connectivity index (χ0v) is 7.02. The molecule has 1 unspecified atom stereocenters. The van der Waals surface area contributed by atoms with E-state index in [4.69, 9.17) is 4.74 Å². The molecule has 1 aliphatic heterocycles. The normalized spacial score (nSPS) is 23.9. The highest BCUT2D eigenvalue weighted by atomic mass is 16.5. The second kappa shape index (κ2) is 5.17. The molecule has 0 radical (unpaired) electrons. The van der Waals surface area contributed by atoms with E-state index in [9.17, 15) is 0 Å². The smallest absolute Gasteiger partial charge is 0.118 e. The molecule has 0 bridgehead atoms. The van der Waals surface area contributed by atoms with E-state index in [0.717, 1.165) is 19.6 Å². The lowest BCUT2D eigenvalue weighted by Crippen LogP contribution is -2.17. The Morgan fingerprint density at radius 2 is 2.45 bits per heavy atom. The molecule has 2 heteroatoms. The molecule has 11 heavy (non-hydrogen) atoms. The summed E-state index contributed by atoms with van der Waals surface area (Å²) in [5.41, 5.74) is 0. The van der Waals surface area contributed by atoms with Gasteiger partial charge in [0.15, 0.2) is 0 Å². The van der Waals surface area contributed by atoms with Crippen LogP contribution in [0.2, 0.25) is 0 Å². The summed E-state index contributed by atoms with van der Waals surface area (Å²) in [6, 6.07) is 0. The molecule has 2 nitrogen and oxygen atoms in total. The largest absolute Gasteiger partial charge is 0.366 e. The van der Waals surface area contributed by atoms with E-state index in [2.05, 4.69) is 17.2 Å². The minimum atomic E-state index is 0.206. The van der Waals surface area contributed by atoms with Crippen LogP contribution in [0, 0.1) is 11.8 Å². The van der Waals surface area contributed by atoms with Gasteiger partial charge in [0.05, 0.1) is 6.54 Å². The fraction of sp³-hybridized carbons (Fsp3) is 0.778. The molecule has 1 rings (SSSR count). The van der Waals surface area contributed by atoms with Gasteiger partial charge in [-0.2, -0.15) is 0 Å². The van der Waals surface area contributed by atoms with Crippen LogP contribution in [0.4, 0.5) is 0 Å². The summed E-state index contributed by atoms with van der Waals surface area (Å²) in [5.74, 6) is 6.11. The van der Waals surface area contributed by atoms with Crippen LogP contribution < -0.4 is 5.32 Å². The lowest BCUT2D eigenvalue weighted by Gasteiger charge is -2.16. The molecule has 0 aromatic carbocycles. The third-order valence-electron chi connectivity index (χ3n) is 1.71. The first-order valence-corrected chi connectivity index (χ1v) is 4.18. The zero-order valence-electron chi connectivity index (χ0n) is 7.02. The van der Waals surface area contributed by atoms with E-state index in [1.165, 1.54) is 12.8 Å². The Bertz CT molecular complexity index is 151. The van der Waals surface area contributed by atoms with Crippen LogP contribution in [0.1, 0.15) is 19.3 Å². The average Bonchev–Trinajstić information content (AvgIpc) is 2.07. The van der Waals surface area contributed by atoms with Gasteiger partial charge in [-0.3, -0.25) is 0 Å². The molecule has 1 heterocycles. The van der Waals surface area contributed by atoms with Crippen molar-refractivity contribution in [3.05, 3.63) is 0 Å². The van der Waals surface area contributed by atoms with Crippen molar-refractivity contribution < 1.29 is 4.74 Å². The fourth-order valence-electron chi connectivity index (χ4n) is 1.11. The first kappa shape index (κ1) is 8.58. The highest BCUT2D eigenvalue weighted by Gasteiger charge is 2.09. The molecular weight excluding hydrogens is 138 g/mol. The van der Waals surface area contributed by atoms with Gasteiger partial charge < -0.3 is 10.1 Å². The standard InChI is InChI=1S/C9H15NO/c1-10-7-4-6-9-5-2-3-8-11-9/h9-10H,2-3,5,7-8H2,1H3. The van der Waals surface area contributed by atoms with Gasteiger partial charge in [0.2, 0.25) is 0 Å². The van der Waals surface area contributed by atoms with E-state index in [1.54, 1.807) is 0 Å². The van der Waals surface area contributed by atoms with Gasteiger partial charge in [-0.05, 0) is 26.3 Å². The van der Waals surface area contributed by atoms with Crippen molar-refractivity contribution in [1.29, 1.82) is 0 Å². The summed E-state index contributed by atoms with van der Waals surface area (Å²) in [6.07, 6.45) is 3.77. The van der Waals surface area contributed by atoms with Gasteiger partial charge in [-0.1, -0.05) is 11.8 Å². The second-order valence-corrected chi connectivity index (χ2v) is 2.71. The maximum Gasteiger partial charge on any atom is 0.118 e. The number of ether oxygens (including phenoxy) is 1. The van der Waals surface area contributed by atoms with E-state index in [-0.39, 0.29) is 6.10 Å². The van der Waals surface area contributed by atoms with Crippen molar-refractivity contribution in [2.45, 2.75) is 25.4 Å². The summed E-state index contributed by atoms with van der Waals surface area (Å²) < 4.78 is 5.42. The van der Waals surface area contributed by atoms with Gasteiger partial charge in [-0.25, -0.2) is 0 Å².